The van der Waals surface area contributed by atoms with E-state index in [1.807, 2.05) is 25.1 Å². The number of halogens is 2. The molecule has 0 aromatic heterocycles. The van der Waals surface area contributed by atoms with Crippen LogP contribution < -0.4 is 22.5 Å². The van der Waals surface area contributed by atoms with Gasteiger partial charge in [0.25, 0.3) is 0 Å². The maximum Gasteiger partial charge on any atom is 0.133 e. The van der Waals surface area contributed by atoms with Crippen LogP contribution in [-0.2, 0) is 11.3 Å². The molecule has 0 spiro atoms. The quantitative estimate of drug-likeness (QED) is 0.556. The molecule has 0 bridgehead atoms. The molecular weight excluding hydrogens is 334 g/mol. The summed E-state index contributed by atoms with van der Waals surface area (Å²) in [6.07, 6.45) is 0. The minimum absolute atomic E-state index is 0. The minimum Gasteiger partial charge on any atom is -1.00 e. The van der Waals surface area contributed by atoms with Crippen LogP contribution >= 0.6 is 15.9 Å². The molecule has 0 saturated carbocycles. The normalized spacial score (nSPS) is 10.1. The van der Waals surface area contributed by atoms with E-state index in [9.17, 15) is 0 Å². The summed E-state index contributed by atoms with van der Waals surface area (Å²) in [5, 5.41) is 11.8. The predicted octanol–water partition coefficient (Wildman–Crippen LogP) is -1.05. The second kappa shape index (κ2) is 11.5. The fraction of sp³-hybridized carbons (Fsp3) is 0.538. The van der Waals surface area contributed by atoms with Crippen LogP contribution in [0.15, 0.2) is 22.7 Å². The van der Waals surface area contributed by atoms with E-state index in [2.05, 4.69) is 21.2 Å². The third-order valence-corrected chi connectivity index (χ3v) is 2.90. The van der Waals surface area contributed by atoms with Crippen molar-refractivity contribution in [3.05, 3.63) is 28.2 Å². The van der Waals surface area contributed by atoms with E-state index in [-0.39, 0.29) is 19.0 Å². The zero-order chi connectivity index (χ0) is 13.2. The molecular formula is C13H20BrClNO3-. The van der Waals surface area contributed by atoms with Crippen molar-refractivity contribution in [3.8, 4) is 5.75 Å². The highest BCUT2D eigenvalue weighted by atomic mass is 79.9. The van der Waals surface area contributed by atoms with Gasteiger partial charge in [-0.25, -0.2) is 0 Å². The Morgan fingerprint density at radius 2 is 2.11 bits per heavy atom. The highest BCUT2D eigenvalue weighted by molar-refractivity contribution is 9.10. The van der Waals surface area contributed by atoms with Gasteiger partial charge in [-0.2, -0.15) is 0 Å². The van der Waals surface area contributed by atoms with Crippen LogP contribution in [0, 0.1) is 0 Å². The van der Waals surface area contributed by atoms with Crippen LogP contribution in [0.2, 0.25) is 0 Å². The monoisotopic (exact) mass is 352 g/mol. The summed E-state index contributed by atoms with van der Waals surface area (Å²) in [6, 6.07) is 6.05. The molecule has 0 amide bonds. The average molecular weight is 354 g/mol. The smallest absolute Gasteiger partial charge is 0.133 e. The van der Waals surface area contributed by atoms with E-state index >= 15 is 0 Å². The molecule has 19 heavy (non-hydrogen) atoms. The van der Waals surface area contributed by atoms with Gasteiger partial charge < -0.3 is 32.3 Å². The minimum atomic E-state index is 0. The highest BCUT2D eigenvalue weighted by Crippen LogP contribution is 2.25. The van der Waals surface area contributed by atoms with Crippen molar-refractivity contribution in [2.45, 2.75) is 13.5 Å². The molecule has 0 aliphatic heterocycles. The molecule has 2 N–H and O–H groups in total. The van der Waals surface area contributed by atoms with Crippen LogP contribution in [0.5, 0.6) is 5.75 Å². The molecule has 0 heterocycles. The molecule has 0 aliphatic carbocycles. The molecule has 110 valence electrons. The van der Waals surface area contributed by atoms with E-state index in [0.29, 0.717) is 19.8 Å². The van der Waals surface area contributed by atoms with Crippen LogP contribution in [0.3, 0.4) is 0 Å². The number of nitrogens with one attached hydrogen (secondary N) is 1. The van der Waals surface area contributed by atoms with Gasteiger partial charge in [-0.3, -0.25) is 0 Å². The Kier molecular flexibility index (Phi) is 11.3. The molecule has 1 rings (SSSR count). The Hall–Kier alpha value is -0.330. The van der Waals surface area contributed by atoms with Crippen molar-refractivity contribution in [1.29, 1.82) is 0 Å². The van der Waals surface area contributed by atoms with E-state index in [1.54, 1.807) is 0 Å². The molecule has 4 nitrogen and oxygen atoms in total. The summed E-state index contributed by atoms with van der Waals surface area (Å²) in [6.45, 7) is 5.27. The molecule has 0 atom stereocenters. The average Bonchev–Trinajstić information content (AvgIpc) is 2.37. The van der Waals surface area contributed by atoms with Gasteiger partial charge in [0.05, 0.1) is 30.9 Å². The Morgan fingerprint density at radius 1 is 1.32 bits per heavy atom. The Balaban J connectivity index is 0.00000324. The van der Waals surface area contributed by atoms with Gasteiger partial charge in [-0.1, -0.05) is 6.07 Å². The maximum absolute atomic E-state index is 8.54. The third-order valence-electron chi connectivity index (χ3n) is 2.28. The van der Waals surface area contributed by atoms with Crippen molar-refractivity contribution in [2.24, 2.45) is 0 Å². The lowest BCUT2D eigenvalue weighted by atomic mass is 10.2. The van der Waals surface area contributed by atoms with Gasteiger partial charge in [0.15, 0.2) is 0 Å². The van der Waals surface area contributed by atoms with Crippen LogP contribution in [0.25, 0.3) is 0 Å². The fourth-order valence-corrected chi connectivity index (χ4v) is 2.01. The number of hydrogen-bond donors (Lipinski definition) is 2. The first kappa shape index (κ1) is 18.7. The van der Waals surface area contributed by atoms with Gasteiger partial charge in [0, 0.05) is 13.1 Å². The van der Waals surface area contributed by atoms with Crippen LogP contribution in [0.1, 0.15) is 12.5 Å². The second-order valence-electron chi connectivity index (χ2n) is 3.71. The summed E-state index contributed by atoms with van der Waals surface area (Å²) in [5.41, 5.74) is 1.19. The lowest BCUT2D eigenvalue weighted by molar-refractivity contribution is -0.00000540. The molecule has 0 fully saturated rings. The topological polar surface area (TPSA) is 50.7 Å². The van der Waals surface area contributed by atoms with Gasteiger partial charge >= 0.3 is 0 Å². The number of aliphatic hydroxyl groups is 1. The van der Waals surface area contributed by atoms with Crippen LogP contribution in [-0.4, -0.2) is 38.1 Å². The van der Waals surface area contributed by atoms with Crippen molar-refractivity contribution >= 4 is 15.9 Å². The van der Waals surface area contributed by atoms with E-state index < -0.39 is 0 Å². The summed E-state index contributed by atoms with van der Waals surface area (Å²) in [5.74, 6) is 0.868. The van der Waals surface area contributed by atoms with Crippen LogP contribution in [0.4, 0.5) is 0 Å². The SMILES string of the molecule is CCOc1ccc(CNCCOCCO)cc1Br.[Cl-]. The van der Waals surface area contributed by atoms with Crippen molar-refractivity contribution < 1.29 is 27.0 Å². The highest BCUT2D eigenvalue weighted by Gasteiger charge is 2.01. The number of rotatable bonds is 9. The largest absolute Gasteiger partial charge is 1.00 e. The van der Waals surface area contributed by atoms with E-state index in [4.69, 9.17) is 14.6 Å². The Labute approximate surface area is 129 Å². The fourth-order valence-electron chi connectivity index (χ4n) is 1.47. The van der Waals surface area contributed by atoms with E-state index in [1.165, 1.54) is 5.56 Å². The second-order valence-corrected chi connectivity index (χ2v) is 4.56. The molecule has 0 radical (unpaired) electrons. The predicted molar refractivity (Wildman–Crippen MR) is 74.9 cm³/mol. The standard InChI is InChI=1S/C13H20BrNO3.ClH/c1-2-18-13-4-3-11(9-12(13)14)10-15-5-7-17-8-6-16;/h3-4,9,15-16H,2,5-8,10H2,1H3;1H/p-1. The van der Waals surface area contributed by atoms with Crippen molar-refractivity contribution in [3.63, 3.8) is 0 Å². The Bertz CT molecular complexity index is 353. The summed E-state index contributed by atoms with van der Waals surface area (Å²) >= 11 is 3.49. The zero-order valence-electron chi connectivity index (χ0n) is 11.0. The number of hydrogen-bond acceptors (Lipinski definition) is 4. The summed E-state index contributed by atoms with van der Waals surface area (Å²) in [4.78, 5) is 0. The number of ether oxygens (including phenoxy) is 2. The summed E-state index contributed by atoms with van der Waals surface area (Å²) < 4.78 is 11.6. The maximum atomic E-state index is 8.54. The summed E-state index contributed by atoms with van der Waals surface area (Å²) in [7, 11) is 0. The number of aliphatic hydroxyl groups excluding tert-OH is 1. The van der Waals surface area contributed by atoms with Gasteiger partial charge in [-0.15, -0.1) is 0 Å². The number of benzene rings is 1. The van der Waals surface area contributed by atoms with Gasteiger partial charge in [0.1, 0.15) is 5.75 Å². The lowest BCUT2D eigenvalue weighted by Crippen LogP contribution is -3.00. The van der Waals surface area contributed by atoms with Crippen molar-refractivity contribution in [2.75, 3.05) is 33.0 Å². The molecule has 0 saturated heterocycles. The first-order valence-electron chi connectivity index (χ1n) is 6.08. The molecule has 0 unspecified atom stereocenters. The molecule has 0 aliphatic rings. The van der Waals surface area contributed by atoms with Gasteiger partial charge in [0.2, 0.25) is 0 Å². The Morgan fingerprint density at radius 3 is 2.74 bits per heavy atom. The first-order valence-corrected chi connectivity index (χ1v) is 6.87. The molecule has 1 aromatic rings. The van der Waals surface area contributed by atoms with Gasteiger partial charge in [-0.05, 0) is 40.5 Å². The van der Waals surface area contributed by atoms with Crippen molar-refractivity contribution in [1.82, 2.24) is 5.32 Å². The first-order chi connectivity index (χ1) is 8.77. The lowest BCUT2D eigenvalue weighted by Gasteiger charge is -2.09. The zero-order valence-corrected chi connectivity index (χ0v) is 13.3. The third kappa shape index (κ3) is 7.74. The van der Waals surface area contributed by atoms with E-state index in [0.717, 1.165) is 23.3 Å². The molecule has 1 aromatic carbocycles. The molecule has 6 heteroatoms.